The van der Waals surface area contributed by atoms with Gasteiger partial charge in [0.1, 0.15) is 0 Å². The van der Waals surface area contributed by atoms with Gasteiger partial charge in [-0.3, -0.25) is 4.79 Å². The lowest BCUT2D eigenvalue weighted by Gasteiger charge is -2.26. The number of nitrogens with two attached hydrogens (primary N) is 1. The highest BCUT2D eigenvalue weighted by molar-refractivity contribution is 5.96. The van der Waals surface area contributed by atoms with E-state index >= 15 is 0 Å². The van der Waals surface area contributed by atoms with Crippen molar-refractivity contribution in [3.05, 3.63) is 29.3 Å². The molecule has 120 valence electrons. The van der Waals surface area contributed by atoms with Crippen LogP contribution in [0.2, 0.25) is 0 Å². The van der Waals surface area contributed by atoms with E-state index in [9.17, 15) is 9.59 Å². The number of amides is 1. The molecule has 6 nitrogen and oxygen atoms in total. The summed E-state index contributed by atoms with van der Waals surface area (Å²) >= 11 is 0. The van der Waals surface area contributed by atoms with Crippen LogP contribution in [0.4, 0.5) is 5.69 Å². The molecule has 0 radical (unpaired) electrons. The maximum Gasteiger partial charge on any atom is 0.338 e. The molecule has 1 aromatic rings. The van der Waals surface area contributed by atoms with Crippen molar-refractivity contribution in [2.75, 3.05) is 25.6 Å². The average molecular weight is 306 g/mol. The fourth-order valence-corrected chi connectivity index (χ4v) is 2.60. The molecule has 1 atom stereocenters. The summed E-state index contributed by atoms with van der Waals surface area (Å²) in [6.07, 6.45) is 1.60. The van der Waals surface area contributed by atoms with Crippen LogP contribution < -0.4 is 11.1 Å². The van der Waals surface area contributed by atoms with Crippen molar-refractivity contribution < 1.29 is 19.1 Å². The Morgan fingerprint density at radius 2 is 2.05 bits per heavy atom. The Hall–Kier alpha value is -1.92. The zero-order valence-electron chi connectivity index (χ0n) is 12.9. The molecule has 0 bridgehead atoms. The average Bonchev–Trinajstić information content (AvgIpc) is 2.54. The van der Waals surface area contributed by atoms with Gasteiger partial charge in [0.05, 0.1) is 18.7 Å². The number of hydrogen-bond acceptors (Lipinski definition) is 5. The SMILES string of the molecule is COC(=O)c1ccc(NC(=O)C(N)C2CCOCC2)cc1C. The fourth-order valence-electron chi connectivity index (χ4n) is 2.60. The topological polar surface area (TPSA) is 90.7 Å². The predicted octanol–water partition coefficient (Wildman–Crippen LogP) is 1.47. The van der Waals surface area contributed by atoms with Crippen molar-refractivity contribution in [1.82, 2.24) is 0 Å². The quantitative estimate of drug-likeness (QED) is 0.822. The van der Waals surface area contributed by atoms with Crippen LogP contribution in [-0.2, 0) is 14.3 Å². The molecule has 1 aromatic carbocycles. The first-order chi connectivity index (χ1) is 10.5. The van der Waals surface area contributed by atoms with E-state index in [1.54, 1.807) is 25.1 Å². The Bertz CT molecular complexity index is 553. The van der Waals surface area contributed by atoms with Gasteiger partial charge in [-0.25, -0.2) is 4.79 Å². The molecule has 6 heteroatoms. The fraction of sp³-hybridized carbons (Fsp3) is 0.500. The summed E-state index contributed by atoms with van der Waals surface area (Å²) in [6.45, 7) is 3.09. The molecule has 1 aliphatic heterocycles. The Morgan fingerprint density at radius 3 is 2.64 bits per heavy atom. The van der Waals surface area contributed by atoms with Crippen molar-refractivity contribution in [3.63, 3.8) is 0 Å². The van der Waals surface area contributed by atoms with E-state index in [0.717, 1.165) is 18.4 Å². The number of anilines is 1. The Morgan fingerprint density at radius 1 is 1.36 bits per heavy atom. The van der Waals surface area contributed by atoms with Gasteiger partial charge < -0.3 is 20.5 Å². The third kappa shape index (κ3) is 3.84. The number of esters is 1. The molecule has 2 rings (SSSR count). The van der Waals surface area contributed by atoms with Crippen molar-refractivity contribution in [2.24, 2.45) is 11.7 Å². The van der Waals surface area contributed by atoms with Gasteiger partial charge in [-0.15, -0.1) is 0 Å². The first-order valence-electron chi connectivity index (χ1n) is 7.36. The number of carbonyl (C=O) groups excluding carboxylic acids is 2. The van der Waals surface area contributed by atoms with Gasteiger partial charge in [-0.2, -0.15) is 0 Å². The van der Waals surface area contributed by atoms with Crippen LogP contribution >= 0.6 is 0 Å². The van der Waals surface area contributed by atoms with Gasteiger partial charge in [0.15, 0.2) is 0 Å². The minimum Gasteiger partial charge on any atom is -0.465 e. The van der Waals surface area contributed by atoms with Crippen LogP contribution in [0.15, 0.2) is 18.2 Å². The number of nitrogens with one attached hydrogen (secondary N) is 1. The maximum atomic E-state index is 12.2. The summed E-state index contributed by atoms with van der Waals surface area (Å²) in [4.78, 5) is 23.8. The van der Waals surface area contributed by atoms with Crippen molar-refractivity contribution in [2.45, 2.75) is 25.8 Å². The molecule has 0 saturated carbocycles. The number of hydrogen-bond donors (Lipinski definition) is 2. The van der Waals surface area contributed by atoms with Gasteiger partial charge in [-0.05, 0) is 49.4 Å². The largest absolute Gasteiger partial charge is 0.465 e. The predicted molar refractivity (Wildman–Crippen MR) is 82.7 cm³/mol. The highest BCUT2D eigenvalue weighted by atomic mass is 16.5. The van der Waals surface area contributed by atoms with Gasteiger partial charge in [0.25, 0.3) is 0 Å². The molecule has 0 aliphatic carbocycles. The van der Waals surface area contributed by atoms with Crippen LogP contribution in [0.3, 0.4) is 0 Å². The minimum atomic E-state index is -0.551. The summed E-state index contributed by atoms with van der Waals surface area (Å²) in [5, 5.41) is 2.81. The van der Waals surface area contributed by atoms with Crippen molar-refractivity contribution >= 4 is 17.6 Å². The third-order valence-electron chi connectivity index (χ3n) is 3.98. The number of aryl methyl sites for hydroxylation is 1. The van der Waals surface area contributed by atoms with Gasteiger partial charge >= 0.3 is 5.97 Å². The normalized spacial score (nSPS) is 16.9. The molecule has 1 heterocycles. The van der Waals surface area contributed by atoms with E-state index in [2.05, 4.69) is 5.32 Å². The number of benzene rings is 1. The molecule has 1 unspecified atom stereocenters. The first-order valence-corrected chi connectivity index (χ1v) is 7.36. The lowest BCUT2D eigenvalue weighted by Crippen LogP contribution is -2.44. The molecule has 3 N–H and O–H groups in total. The number of methoxy groups -OCH3 is 1. The van der Waals surface area contributed by atoms with E-state index in [0.29, 0.717) is 24.5 Å². The molecule has 22 heavy (non-hydrogen) atoms. The molecule has 1 saturated heterocycles. The van der Waals surface area contributed by atoms with E-state index in [4.69, 9.17) is 15.2 Å². The maximum absolute atomic E-state index is 12.2. The molecule has 1 amide bonds. The molecule has 0 spiro atoms. The lowest BCUT2D eigenvalue weighted by molar-refractivity contribution is -0.119. The zero-order chi connectivity index (χ0) is 16.1. The summed E-state index contributed by atoms with van der Waals surface area (Å²) in [7, 11) is 1.34. The Kier molecular flexibility index (Phi) is 5.51. The second-order valence-corrected chi connectivity index (χ2v) is 5.49. The van der Waals surface area contributed by atoms with Crippen LogP contribution in [0.25, 0.3) is 0 Å². The van der Waals surface area contributed by atoms with Gasteiger partial charge in [0.2, 0.25) is 5.91 Å². The highest BCUT2D eigenvalue weighted by Gasteiger charge is 2.26. The third-order valence-corrected chi connectivity index (χ3v) is 3.98. The van der Waals surface area contributed by atoms with E-state index < -0.39 is 12.0 Å². The van der Waals surface area contributed by atoms with E-state index in [1.807, 2.05) is 0 Å². The summed E-state index contributed by atoms with van der Waals surface area (Å²) in [5.41, 5.74) is 7.88. The van der Waals surface area contributed by atoms with Crippen LogP contribution in [0.1, 0.15) is 28.8 Å². The molecule has 1 fully saturated rings. The number of ether oxygens (including phenoxy) is 2. The summed E-state index contributed by atoms with van der Waals surface area (Å²) in [5.74, 6) is -0.462. The standard InChI is InChI=1S/C16H22N2O4/c1-10-9-12(3-4-13(10)16(20)21-2)18-15(19)14(17)11-5-7-22-8-6-11/h3-4,9,11,14H,5-8,17H2,1-2H3,(H,18,19). The van der Waals surface area contributed by atoms with Crippen LogP contribution in [-0.4, -0.2) is 38.2 Å². The smallest absolute Gasteiger partial charge is 0.338 e. The first kappa shape index (κ1) is 16.5. The monoisotopic (exact) mass is 306 g/mol. The summed E-state index contributed by atoms with van der Waals surface area (Å²) in [6, 6.07) is 4.50. The van der Waals surface area contributed by atoms with Crippen LogP contribution in [0.5, 0.6) is 0 Å². The molecular formula is C16H22N2O4. The number of rotatable bonds is 4. The molecule has 0 aromatic heterocycles. The Balaban J connectivity index is 2.02. The zero-order valence-corrected chi connectivity index (χ0v) is 12.9. The molecular weight excluding hydrogens is 284 g/mol. The van der Waals surface area contributed by atoms with Gasteiger partial charge in [-0.1, -0.05) is 0 Å². The van der Waals surface area contributed by atoms with E-state index in [-0.39, 0.29) is 11.8 Å². The molecule has 1 aliphatic rings. The highest BCUT2D eigenvalue weighted by Crippen LogP contribution is 2.20. The van der Waals surface area contributed by atoms with Crippen molar-refractivity contribution in [1.29, 1.82) is 0 Å². The second-order valence-electron chi connectivity index (χ2n) is 5.49. The van der Waals surface area contributed by atoms with Gasteiger partial charge in [0, 0.05) is 18.9 Å². The van der Waals surface area contributed by atoms with E-state index in [1.165, 1.54) is 7.11 Å². The summed E-state index contributed by atoms with van der Waals surface area (Å²) < 4.78 is 9.98. The second kappa shape index (κ2) is 7.38. The van der Waals surface area contributed by atoms with Crippen LogP contribution in [0, 0.1) is 12.8 Å². The number of carbonyl (C=O) groups is 2. The Labute approximate surface area is 130 Å². The lowest BCUT2D eigenvalue weighted by atomic mass is 9.92. The minimum absolute atomic E-state index is 0.143. The van der Waals surface area contributed by atoms with Crippen molar-refractivity contribution in [3.8, 4) is 0 Å².